The van der Waals surface area contributed by atoms with E-state index in [0.29, 0.717) is 10.6 Å². The highest BCUT2D eigenvalue weighted by Crippen LogP contribution is 2.28. The molecule has 1 N–H and O–H groups in total. The number of H-pyrrole nitrogens is 1. The zero-order chi connectivity index (χ0) is 14.0. The van der Waals surface area contributed by atoms with Gasteiger partial charge in [0.1, 0.15) is 16.2 Å². The Morgan fingerprint density at radius 1 is 1.26 bits per heavy atom. The molecule has 1 aromatic heterocycles. The van der Waals surface area contributed by atoms with Crippen molar-refractivity contribution in [3.63, 3.8) is 0 Å². The molecule has 2 rings (SSSR count). The second-order valence-electron chi connectivity index (χ2n) is 4.78. The van der Waals surface area contributed by atoms with Crippen LogP contribution < -0.4 is 4.74 Å². The van der Waals surface area contributed by atoms with Crippen LogP contribution in [0.1, 0.15) is 31.0 Å². The number of methoxy groups -OCH3 is 1. The van der Waals surface area contributed by atoms with Crippen molar-refractivity contribution in [1.29, 1.82) is 0 Å². The Morgan fingerprint density at radius 3 is 2.53 bits per heavy atom. The second-order valence-corrected chi connectivity index (χ2v) is 5.17. The first-order valence-electron chi connectivity index (χ1n) is 6.28. The molecule has 0 aliphatic rings. The van der Waals surface area contributed by atoms with E-state index in [2.05, 4.69) is 23.8 Å². The van der Waals surface area contributed by atoms with Crippen molar-refractivity contribution in [2.75, 3.05) is 7.11 Å². The van der Waals surface area contributed by atoms with Crippen LogP contribution in [0.25, 0.3) is 11.4 Å². The minimum Gasteiger partial charge on any atom is -0.496 e. The molecule has 0 aliphatic heterocycles. The summed E-state index contributed by atoms with van der Waals surface area (Å²) in [4.78, 5) is 7.84. The molecule has 0 unspecified atom stereocenters. The van der Waals surface area contributed by atoms with Crippen molar-refractivity contribution in [3.05, 3.63) is 40.2 Å². The summed E-state index contributed by atoms with van der Waals surface area (Å²) in [6.45, 7) is 6.28. The molecule has 0 radical (unpaired) electrons. The maximum Gasteiger partial charge on any atom is 0.142 e. The smallest absolute Gasteiger partial charge is 0.142 e. The van der Waals surface area contributed by atoms with Crippen molar-refractivity contribution >= 4 is 12.2 Å². The van der Waals surface area contributed by atoms with E-state index in [1.165, 1.54) is 0 Å². The monoisotopic (exact) mass is 274 g/mol. The lowest BCUT2D eigenvalue weighted by Crippen LogP contribution is -2.02. The molecule has 0 saturated carbocycles. The summed E-state index contributed by atoms with van der Waals surface area (Å²) in [7, 11) is 1.66. The van der Waals surface area contributed by atoms with Crippen LogP contribution in [0.15, 0.2) is 24.3 Å². The topological polar surface area (TPSA) is 37.9 Å². The molecule has 1 heterocycles. The number of hydrogen-bond donors (Lipinski definition) is 1. The third kappa shape index (κ3) is 2.68. The first-order valence-corrected chi connectivity index (χ1v) is 6.69. The van der Waals surface area contributed by atoms with Gasteiger partial charge in [0.05, 0.1) is 12.7 Å². The van der Waals surface area contributed by atoms with Gasteiger partial charge in [-0.1, -0.05) is 38.2 Å². The van der Waals surface area contributed by atoms with Crippen molar-refractivity contribution in [1.82, 2.24) is 9.97 Å². The van der Waals surface area contributed by atoms with E-state index < -0.39 is 0 Å². The predicted octanol–water partition coefficient (Wildman–Crippen LogP) is 4.25. The number of nitrogens with zero attached hydrogens (tertiary/aromatic N) is 1. The average Bonchev–Trinajstić information content (AvgIpc) is 2.37. The van der Waals surface area contributed by atoms with Gasteiger partial charge in [-0.3, -0.25) is 0 Å². The van der Waals surface area contributed by atoms with Crippen LogP contribution in [0.3, 0.4) is 0 Å². The van der Waals surface area contributed by atoms with Crippen LogP contribution in [-0.2, 0) is 0 Å². The SMILES string of the molecule is COc1ccccc1-c1nc(=S)c(C(C)C)c(C)[nH]1. The van der Waals surface area contributed by atoms with Crippen LogP contribution in [-0.4, -0.2) is 17.1 Å². The van der Waals surface area contributed by atoms with Crippen LogP contribution in [0.4, 0.5) is 0 Å². The van der Waals surface area contributed by atoms with Crippen molar-refractivity contribution in [2.45, 2.75) is 26.7 Å². The fourth-order valence-corrected chi connectivity index (χ4v) is 2.72. The molecule has 2 aromatic rings. The third-order valence-electron chi connectivity index (χ3n) is 3.09. The summed E-state index contributed by atoms with van der Waals surface area (Å²) in [6, 6.07) is 7.79. The van der Waals surface area contributed by atoms with Crippen molar-refractivity contribution < 1.29 is 4.74 Å². The molecular weight excluding hydrogens is 256 g/mol. The van der Waals surface area contributed by atoms with Crippen molar-refractivity contribution in [2.24, 2.45) is 0 Å². The second kappa shape index (κ2) is 5.53. The molecule has 3 nitrogen and oxygen atoms in total. The average molecular weight is 274 g/mol. The number of hydrogen-bond acceptors (Lipinski definition) is 3. The lowest BCUT2D eigenvalue weighted by molar-refractivity contribution is 0.416. The summed E-state index contributed by atoms with van der Waals surface area (Å²) in [5.74, 6) is 1.91. The first kappa shape index (κ1) is 13.7. The fraction of sp³-hybridized carbons (Fsp3) is 0.333. The molecule has 0 aliphatic carbocycles. The number of rotatable bonds is 3. The molecule has 4 heteroatoms. The molecule has 0 saturated heterocycles. The molecule has 100 valence electrons. The predicted molar refractivity (Wildman–Crippen MR) is 80.2 cm³/mol. The van der Waals surface area contributed by atoms with Crippen LogP contribution >= 0.6 is 12.2 Å². The number of aromatic amines is 1. The lowest BCUT2D eigenvalue weighted by Gasteiger charge is -2.13. The summed E-state index contributed by atoms with van der Waals surface area (Å²) >= 11 is 5.41. The van der Waals surface area contributed by atoms with Gasteiger partial charge < -0.3 is 9.72 Å². The maximum atomic E-state index is 5.41. The van der Waals surface area contributed by atoms with Gasteiger partial charge in [-0.25, -0.2) is 4.98 Å². The highest BCUT2D eigenvalue weighted by molar-refractivity contribution is 7.71. The summed E-state index contributed by atoms with van der Waals surface area (Å²) < 4.78 is 6.02. The van der Waals surface area contributed by atoms with Gasteiger partial charge >= 0.3 is 0 Å². The Morgan fingerprint density at radius 2 is 1.95 bits per heavy atom. The Balaban J connectivity index is 2.62. The molecule has 0 spiro atoms. The van der Waals surface area contributed by atoms with E-state index in [4.69, 9.17) is 17.0 Å². The molecule has 0 bridgehead atoms. The zero-order valence-corrected chi connectivity index (χ0v) is 12.5. The van der Waals surface area contributed by atoms with E-state index in [0.717, 1.165) is 28.4 Å². The quantitative estimate of drug-likeness (QED) is 0.850. The van der Waals surface area contributed by atoms with Crippen LogP contribution in [0.2, 0.25) is 0 Å². The van der Waals surface area contributed by atoms with E-state index in [1.54, 1.807) is 7.11 Å². The van der Waals surface area contributed by atoms with Gasteiger partial charge in [-0.05, 0) is 25.0 Å². The fourth-order valence-electron chi connectivity index (χ4n) is 2.24. The van der Waals surface area contributed by atoms with E-state index in [-0.39, 0.29) is 0 Å². The summed E-state index contributed by atoms with van der Waals surface area (Å²) in [5, 5.41) is 0. The van der Waals surface area contributed by atoms with Crippen LogP contribution in [0.5, 0.6) is 5.75 Å². The van der Waals surface area contributed by atoms with Gasteiger partial charge in [0.25, 0.3) is 0 Å². The number of benzene rings is 1. The minimum atomic E-state index is 0.364. The largest absolute Gasteiger partial charge is 0.496 e. The Hall–Kier alpha value is -1.68. The van der Waals surface area contributed by atoms with E-state index >= 15 is 0 Å². The highest BCUT2D eigenvalue weighted by atomic mass is 32.1. The molecule has 1 aromatic carbocycles. The highest BCUT2D eigenvalue weighted by Gasteiger charge is 2.12. The van der Waals surface area contributed by atoms with Gasteiger partial charge in [0, 0.05) is 11.3 Å². The number of aryl methyl sites for hydroxylation is 1. The van der Waals surface area contributed by atoms with Crippen molar-refractivity contribution in [3.8, 4) is 17.1 Å². The van der Waals surface area contributed by atoms with Gasteiger partial charge in [-0.15, -0.1) is 0 Å². The zero-order valence-electron chi connectivity index (χ0n) is 11.7. The summed E-state index contributed by atoms with van der Waals surface area (Å²) in [5.41, 5.74) is 3.10. The molecule has 0 amide bonds. The number of nitrogens with one attached hydrogen (secondary N) is 1. The Bertz CT molecular complexity index is 647. The first-order chi connectivity index (χ1) is 9.04. The minimum absolute atomic E-state index is 0.364. The van der Waals surface area contributed by atoms with Crippen LogP contribution in [0, 0.1) is 11.6 Å². The molecule has 0 atom stereocenters. The molecule has 0 fully saturated rings. The van der Waals surface area contributed by atoms with E-state index in [1.807, 2.05) is 31.2 Å². The Labute approximate surface area is 118 Å². The van der Waals surface area contributed by atoms with Gasteiger partial charge in [0.2, 0.25) is 0 Å². The standard InChI is InChI=1S/C15H18N2OS/c1-9(2)13-10(3)16-14(17-15(13)19)11-7-5-6-8-12(11)18-4/h5-9H,1-4H3,(H,16,17,19). The Kier molecular flexibility index (Phi) is 4.00. The summed E-state index contributed by atoms with van der Waals surface area (Å²) in [6.07, 6.45) is 0. The third-order valence-corrected chi connectivity index (χ3v) is 3.40. The maximum absolute atomic E-state index is 5.41. The van der Waals surface area contributed by atoms with Gasteiger partial charge in [-0.2, -0.15) is 0 Å². The molecular formula is C15H18N2OS. The van der Waals surface area contributed by atoms with E-state index in [9.17, 15) is 0 Å². The van der Waals surface area contributed by atoms with Gasteiger partial charge in [0.15, 0.2) is 0 Å². The number of ether oxygens (including phenoxy) is 1. The number of para-hydroxylation sites is 1. The normalized spacial score (nSPS) is 10.8. The molecule has 19 heavy (non-hydrogen) atoms. The lowest BCUT2D eigenvalue weighted by atomic mass is 10.0. The number of aromatic nitrogens is 2.